The van der Waals surface area contributed by atoms with Crippen molar-refractivity contribution < 1.29 is 8.42 Å². The van der Waals surface area contributed by atoms with Crippen LogP contribution in [0.5, 0.6) is 0 Å². The molecule has 1 aromatic rings. The summed E-state index contributed by atoms with van der Waals surface area (Å²) in [6.45, 7) is 4.44. The fourth-order valence-corrected chi connectivity index (χ4v) is 2.07. The Morgan fingerprint density at radius 1 is 1.56 bits per heavy atom. The number of rotatable bonds is 6. The molecule has 7 nitrogen and oxygen atoms in total. The monoisotopic (exact) mass is 247 g/mol. The van der Waals surface area contributed by atoms with Crippen LogP contribution in [-0.4, -0.2) is 25.2 Å². The van der Waals surface area contributed by atoms with Crippen molar-refractivity contribution in [2.24, 2.45) is 11.7 Å². The molecular formula is C8H17N5O2S. The zero-order valence-corrected chi connectivity index (χ0v) is 10.1. The Balaban J connectivity index is 2.66. The molecule has 92 valence electrons. The lowest BCUT2D eigenvalue weighted by Crippen LogP contribution is -2.33. The number of nitrogens with two attached hydrogens (primary N) is 1. The van der Waals surface area contributed by atoms with Crippen molar-refractivity contribution in [2.45, 2.75) is 20.4 Å². The average molecular weight is 247 g/mol. The van der Waals surface area contributed by atoms with E-state index in [-0.39, 0.29) is 12.5 Å². The topological polar surface area (TPSA) is 113 Å². The summed E-state index contributed by atoms with van der Waals surface area (Å²) in [5.41, 5.74) is 6.04. The van der Waals surface area contributed by atoms with Crippen LogP contribution >= 0.6 is 0 Å². The van der Waals surface area contributed by atoms with Gasteiger partial charge in [-0.05, 0) is 5.92 Å². The van der Waals surface area contributed by atoms with Gasteiger partial charge in [-0.3, -0.25) is 9.82 Å². The Labute approximate surface area is 95.0 Å². The van der Waals surface area contributed by atoms with Crippen LogP contribution in [0.25, 0.3) is 0 Å². The van der Waals surface area contributed by atoms with E-state index >= 15 is 0 Å². The maximum Gasteiger partial charge on any atom is 0.300 e. The number of aromatic nitrogens is 2. The number of hydrogen-bond acceptors (Lipinski definition) is 4. The van der Waals surface area contributed by atoms with E-state index in [0.717, 1.165) is 0 Å². The van der Waals surface area contributed by atoms with E-state index in [2.05, 4.69) is 19.6 Å². The van der Waals surface area contributed by atoms with Crippen LogP contribution in [0.2, 0.25) is 0 Å². The molecule has 0 unspecified atom stereocenters. The predicted octanol–water partition coefficient (Wildman–Crippen LogP) is -0.229. The highest BCUT2D eigenvalue weighted by Crippen LogP contribution is 2.10. The SMILES string of the molecule is CC(C)CNS(=O)(=O)Nc1[nH]ncc1CN. The molecule has 0 aliphatic carbocycles. The number of anilines is 1. The first-order chi connectivity index (χ1) is 7.44. The van der Waals surface area contributed by atoms with Gasteiger partial charge in [0.05, 0.1) is 6.20 Å². The Hall–Kier alpha value is -1.12. The molecule has 0 aromatic carbocycles. The first kappa shape index (κ1) is 12.9. The van der Waals surface area contributed by atoms with Gasteiger partial charge in [0.2, 0.25) is 0 Å². The van der Waals surface area contributed by atoms with Crippen LogP contribution in [0.4, 0.5) is 5.82 Å². The number of nitrogens with one attached hydrogen (secondary N) is 3. The van der Waals surface area contributed by atoms with Crippen LogP contribution in [0.3, 0.4) is 0 Å². The van der Waals surface area contributed by atoms with Crippen LogP contribution in [0.15, 0.2) is 6.20 Å². The molecule has 0 atom stereocenters. The van der Waals surface area contributed by atoms with Crippen molar-refractivity contribution in [1.29, 1.82) is 0 Å². The van der Waals surface area contributed by atoms with Gasteiger partial charge in [0.1, 0.15) is 5.82 Å². The molecular weight excluding hydrogens is 230 g/mol. The van der Waals surface area contributed by atoms with E-state index in [9.17, 15) is 8.42 Å². The zero-order chi connectivity index (χ0) is 12.2. The highest BCUT2D eigenvalue weighted by Gasteiger charge is 2.13. The molecule has 0 amide bonds. The van der Waals surface area contributed by atoms with Gasteiger partial charge in [-0.1, -0.05) is 13.8 Å². The molecule has 0 aliphatic heterocycles. The smallest absolute Gasteiger partial charge is 0.300 e. The van der Waals surface area contributed by atoms with Crippen molar-refractivity contribution >= 4 is 16.0 Å². The minimum atomic E-state index is -3.56. The summed E-state index contributed by atoms with van der Waals surface area (Å²) >= 11 is 0. The Bertz CT molecular complexity index is 425. The van der Waals surface area contributed by atoms with Crippen LogP contribution in [0.1, 0.15) is 19.4 Å². The van der Waals surface area contributed by atoms with E-state index < -0.39 is 10.2 Å². The van der Waals surface area contributed by atoms with E-state index in [1.165, 1.54) is 6.20 Å². The normalized spacial score (nSPS) is 12.0. The van der Waals surface area contributed by atoms with Crippen molar-refractivity contribution in [3.8, 4) is 0 Å². The molecule has 1 aromatic heterocycles. The molecule has 0 aliphatic rings. The molecule has 1 rings (SSSR count). The van der Waals surface area contributed by atoms with E-state index in [0.29, 0.717) is 17.9 Å². The van der Waals surface area contributed by atoms with Gasteiger partial charge in [0, 0.05) is 18.7 Å². The fourth-order valence-electron chi connectivity index (χ4n) is 1.00. The Kier molecular flexibility index (Phi) is 4.27. The molecule has 16 heavy (non-hydrogen) atoms. The minimum absolute atomic E-state index is 0.221. The van der Waals surface area contributed by atoms with Crippen LogP contribution in [0, 0.1) is 5.92 Å². The molecule has 0 radical (unpaired) electrons. The van der Waals surface area contributed by atoms with E-state index in [1.807, 2.05) is 13.8 Å². The molecule has 0 saturated carbocycles. The lowest BCUT2D eigenvalue weighted by molar-refractivity contribution is 0.564. The summed E-state index contributed by atoms with van der Waals surface area (Å²) in [5, 5.41) is 6.25. The highest BCUT2D eigenvalue weighted by molar-refractivity contribution is 7.90. The van der Waals surface area contributed by atoms with Gasteiger partial charge < -0.3 is 5.73 Å². The van der Waals surface area contributed by atoms with Gasteiger partial charge in [-0.15, -0.1) is 0 Å². The second-order valence-electron chi connectivity index (χ2n) is 3.82. The van der Waals surface area contributed by atoms with E-state index in [1.54, 1.807) is 0 Å². The average Bonchev–Trinajstić information content (AvgIpc) is 2.61. The lowest BCUT2D eigenvalue weighted by atomic mass is 10.2. The first-order valence-electron chi connectivity index (χ1n) is 4.94. The van der Waals surface area contributed by atoms with Gasteiger partial charge in [0.25, 0.3) is 10.2 Å². The largest absolute Gasteiger partial charge is 0.326 e. The van der Waals surface area contributed by atoms with Crippen molar-refractivity contribution in [1.82, 2.24) is 14.9 Å². The minimum Gasteiger partial charge on any atom is -0.326 e. The van der Waals surface area contributed by atoms with Crippen LogP contribution in [-0.2, 0) is 16.8 Å². The van der Waals surface area contributed by atoms with Gasteiger partial charge in [-0.2, -0.15) is 18.2 Å². The van der Waals surface area contributed by atoms with E-state index in [4.69, 9.17) is 5.73 Å². The summed E-state index contributed by atoms with van der Waals surface area (Å²) in [6.07, 6.45) is 1.49. The Morgan fingerprint density at radius 2 is 2.25 bits per heavy atom. The number of hydrogen-bond donors (Lipinski definition) is 4. The maximum absolute atomic E-state index is 11.6. The molecule has 0 bridgehead atoms. The molecule has 0 saturated heterocycles. The lowest BCUT2D eigenvalue weighted by Gasteiger charge is -2.10. The number of nitrogens with zero attached hydrogens (tertiary/aromatic N) is 1. The third-order valence-corrected chi connectivity index (χ3v) is 2.88. The van der Waals surface area contributed by atoms with Crippen LogP contribution < -0.4 is 15.2 Å². The van der Waals surface area contributed by atoms with Gasteiger partial charge in [0.15, 0.2) is 0 Å². The third-order valence-electron chi connectivity index (χ3n) is 1.86. The summed E-state index contributed by atoms with van der Waals surface area (Å²) in [4.78, 5) is 0. The second-order valence-corrected chi connectivity index (χ2v) is 5.32. The quantitative estimate of drug-likeness (QED) is 0.556. The third kappa shape index (κ3) is 3.80. The van der Waals surface area contributed by atoms with Crippen molar-refractivity contribution in [2.75, 3.05) is 11.3 Å². The number of aromatic amines is 1. The molecule has 1 heterocycles. The summed E-state index contributed by atoms with van der Waals surface area (Å²) in [7, 11) is -3.56. The predicted molar refractivity (Wildman–Crippen MR) is 61.9 cm³/mol. The standard InChI is InChI=1S/C8H17N5O2S/c1-6(2)4-11-16(14,15)13-8-7(3-9)5-10-12-8/h5-6,11H,3-4,9H2,1-2H3,(H2,10,12,13). The first-order valence-corrected chi connectivity index (χ1v) is 6.42. The summed E-state index contributed by atoms with van der Waals surface area (Å²) in [5.74, 6) is 0.547. The molecule has 0 fully saturated rings. The molecule has 0 spiro atoms. The Morgan fingerprint density at radius 3 is 2.81 bits per heavy atom. The van der Waals surface area contributed by atoms with Gasteiger partial charge >= 0.3 is 0 Å². The van der Waals surface area contributed by atoms with Crippen molar-refractivity contribution in [3.63, 3.8) is 0 Å². The number of H-pyrrole nitrogens is 1. The molecule has 8 heteroatoms. The maximum atomic E-state index is 11.6. The summed E-state index contributed by atoms with van der Waals surface area (Å²) < 4.78 is 27.9. The van der Waals surface area contributed by atoms with Gasteiger partial charge in [-0.25, -0.2) is 0 Å². The second kappa shape index (κ2) is 5.28. The zero-order valence-electron chi connectivity index (χ0n) is 9.32. The molecule has 5 N–H and O–H groups in total. The summed E-state index contributed by atoms with van der Waals surface area (Å²) in [6, 6.07) is 0. The fraction of sp³-hybridized carbons (Fsp3) is 0.625. The van der Waals surface area contributed by atoms with Crippen molar-refractivity contribution in [3.05, 3.63) is 11.8 Å². The highest BCUT2D eigenvalue weighted by atomic mass is 32.2.